The van der Waals surface area contributed by atoms with Gasteiger partial charge in [-0.15, -0.1) is 0 Å². The quantitative estimate of drug-likeness (QED) is 0.722. The Kier molecular flexibility index (Phi) is 5.03. The molecule has 1 aliphatic heterocycles. The number of hydrogen-bond donors (Lipinski definition) is 2. The van der Waals surface area contributed by atoms with E-state index in [1.54, 1.807) is 0 Å². The van der Waals surface area contributed by atoms with E-state index in [0.29, 0.717) is 6.04 Å². The molecule has 2 N–H and O–H groups in total. The van der Waals surface area contributed by atoms with E-state index >= 15 is 0 Å². The van der Waals surface area contributed by atoms with Crippen LogP contribution in [0.1, 0.15) is 39.5 Å². The molecule has 0 radical (unpaired) electrons. The van der Waals surface area contributed by atoms with E-state index in [9.17, 15) is 5.11 Å². The lowest BCUT2D eigenvalue weighted by molar-refractivity contribution is 0.0276. The first-order chi connectivity index (χ1) is 7.09. The molecule has 0 atom stereocenters. The molecule has 1 saturated heterocycles. The lowest BCUT2D eigenvalue weighted by Crippen LogP contribution is -2.47. The average Bonchev–Trinajstić information content (AvgIpc) is 2.28. The van der Waals surface area contributed by atoms with Crippen molar-refractivity contribution in [1.82, 2.24) is 10.2 Å². The summed E-state index contributed by atoms with van der Waals surface area (Å²) in [4.78, 5) is 2.37. The Hall–Kier alpha value is -0.120. The minimum absolute atomic E-state index is 0.497. The summed E-state index contributed by atoms with van der Waals surface area (Å²) in [5.41, 5.74) is -0.497. The highest BCUT2D eigenvalue weighted by atomic mass is 16.3. The van der Waals surface area contributed by atoms with E-state index in [-0.39, 0.29) is 0 Å². The molecule has 1 heterocycles. The largest absolute Gasteiger partial charge is 0.389 e. The fourth-order valence-corrected chi connectivity index (χ4v) is 2.05. The molecule has 0 unspecified atom stereocenters. The van der Waals surface area contributed by atoms with Crippen LogP contribution >= 0.6 is 0 Å². The number of likely N-dealkylation sites (tertiary alicyclic amines) is 1. The van der Waals surface area contributed by atoms with E-state index in [4.69, 9.17) is 0 Å². The number of nitrogens with zero attached hydrogens (tertiary/aromatic N) is 1. The minimum Gasteiger partial charge on any atom is -0.389 e. The Morgan fingerprint density at radius 3 is 2.27 bits per heavy atom. The zero-order valence-corrected chi connectivity index (χ0v) is 10.4. The second-order valence-corrected chi connectivity index (χ2v) is 4.89. The normalized spacial score (nSPS) is 20.8. The van der Waals surface area contributed by atoms with Crippen LogP contribution in [0.3, 0.4) is 0 Å². The third-order valence-electron chi connectivity index (χ3n) is 3.75. The third kappa shape index (κ3) is 4.09. The van der Waals surface area contributed by atoms with Crippen LogP contribution < -0.4 is 5.32 Å². The van der Waals surface area contributed by atoms with Gasteiger partial charge in [-0.05, 0) is 45.8 Å². The smallest absolute Gasteiger partial charge is 0.0766 e. The Morgan fingerprint density at radius 2 is 1.80 bits per heavy atom. The number of rotatable bonds is 5. The number of piperidine rings is 1. The highest BCUT2D eigenvalue weighted by Crippen LogP contribution is 2.15. The van der Waals surface area contributed by atoms with Crippen molar-refractivity contribution in [1.29, 1.82) is 0 Å². The van der Waals surface area contributed by atoms with Crippen LogP contribution in [-0.4, -0.2) is 48.3 Å². The molecule has 0 bridgehead atoms. The molecule has 0 spiro atoms. The van der Waals surface area contributed by atoms with Gasteiger partial charge in [0.2, 0.25) is 0 Å². The summed E-state index contributed by atoms with van der Waals surface area (Å²) in [6, 6.07) is 0.603. The van der Waals surface area contributed by atoms with Crippen LogP contribution in [0.25, 0.3) is 0 Å². The predicted octanol–water partition coefficient (Wildman–Crippen LogP) is 1.22. The second-order valence-electron chi connectivity index (χ2n) is 4.89. The van der Waals surface area contributed by atoms with Crippen LogP contribution in [0, 0.1) is 0 Å². The highest BCUT2D eigenvalue weighted by molar-refractivity contribution is 4.82. The maximum absolute atomic E-state index is 10.1. The molecule has 1 aliphatic rings. The summed E-state index contributed by atoms with van der Waals surface area (Å²) in [6.07, 6.45) is 4.09. The van der Waals surface area contributed by atoms with Gasteiger partial charge in [0.05, 0.1) is 5.60 Å². The lowest BCUT2D eigenvalue weighted by atomic mass is 9.96. The molecule has 15 heavy (non-hydrogen) atoms. The average molecular weight is 214 g/mol. The van der Waals surface area contributed by atoms with Gasteiger partial charge in [0.25, 0.3) is 0 Å². The van der Waals surface area contributed by atoms with E-state index < -0.39 is 5.60 Å². The van der Waals surface area contributed by atoms with Gasteiger partial charge >= 0.3 is 0 Å². The van der Waals surface area contributed by atoms with Gasteiger partial charge in [0.1, 0.15) is 0 Å². The minimum atomic E-state index is -0.497. The van der Waals surface area contributed by atoms with E-state index in [1.807, 2.05) is 0 Å². The second kappa shape index (κ2) is 5.83. The first-order valence-electron chi connectivity index (χ1n) is 6.24. The van der Waals surface area contributed by atoms with Crippen LogP contribution in [-0.2, 0) is 0 Å². The molecule has 1 fully saturated rings. The van der Waals surface area contributed by atoms with Crippen LogP contribution in [0.2, 0.25) is 0 Å². The van der Waals surface area contributed by atoms with Gasteiger partial charge in [-0.2, -0.15) is 0 Å². The molecule has 1 rings (SSSR count). The summed E-state index contributed by atoms with van der Waals surface area (Å²) in [6.45, 7) is 7.21. The molecule has 0 aliphatic carbocycles. The zero-order chi connectivity index (χ0) is 11.3. The van der Waals surface area contributed by atoms with Crippen molar-refractivity contribution in [3.05, 3.63) is 0 Å². The van der Waals surface area contributed by atoms with Crippen molar-refractivity contribution >= 4 is 0 Å². The molecular formula is C12H26N2O. The third-order valence-corrected chi connectivity index (χ3v) is 3.75. The fraction of sp³-hybridized carbons (Fsp3) is 1.00. The summed E-state index contributed by atoms with van der Waals surface area (Å²) < 4.78 is 0. The van der Waals surface area contributed by atoms with Crippen molar-refractivity contribution < 1.29 is 5.11 Å². The Morgan fingerprint density at radius 1 is 1.27 bits per heavy atom. The number of nitrogens with one attached hydrogen (secondary N) is 1. The lowest BCUT2D eigenvalue weighted by Gasteiger charge is -2.33. The van der Waals surface area contributed by atoms with Gasteiger partial charge in [0, 0.05) is 12.6 Å². The Balaban J connectivity index is 2.24. The van der Waals surface area contributed by atoms with Crippen LogP contribution in [0.4, 0.5) is 0 Å². The molecular weight excluding hydrogens is 188 g/mol. The molecule has 0 aromatic carbocycles. The molecule has 3 heteroatoms. The van der Waals surface area contributed by atoms with Crippen molar-refractivity contribution in [2.75, 3.05) is 26.7 Å². The first-order valence-corrected chi connectivity index (χ1v) is 6.24. The maximum atomic E-state index is 10.1. The maximum Gasteiger partial charge on any atom is 0.0766 e. The summed E-state index contributed by atoms with van der Waals surface area (Å²) >= 11 is 0. The topological polar surface area (TPSA) is 35.5 Å². The molecule has 3 nitrogen and oxygen atoms in total. The first kappa shape index (κ1) is 12.9. The Labute approximate surface area is 93.9 Å². The zero-order valence-electron chi connectivity index (χ0n) is 10.4. The monoisotopic (exact) mass is 214 g/mol. The molecule has 0 aromatic rings. The van der Waals surface area contributed by atoms with E-state index in [0.717, 1.165) is 19.4 Å². The predicted molar refractivity (Wildman–Crippen MR) is 64.1 cm³/mol. The highest BCUT2D eigenvalue weighted by Gasteiger charge is 2.24. The van der Waals surface area contributed by atoms with Crippen LogP contribution in [0.15, 0.2) is 0 Å². The SMILES string of the molecule is CCC(O)(CC)CNC1CCN(C)CC1. The van der Waals surface area contributed by atoms with Crippen molar-refractivity contribution in [2.45, 2.75) is 51.2 Å². The van der Waals surface area contributed by atoms with Crippen molar-refractivity contribution in [2.24, 2.45) is 0 Å². The molecule has 90 valence electrons. The number of hydrogen-bond acceptors (Lipinski definition) is 3. The summed E-state index contributed by atoms with van der Waals surface area (Å²) in [5, 5.41) is 13.6. The Bertz CT molecular complexity index is 172. The van der Waals surface area contributed by atoms with Crippen LogP contribution in [0.5, 0.6) is 0 Å². The molecule has 0 aromatic heterocycles. The van der Waals surface area contributed by atoms with E-state index in [2.05, 4.69) is 31.1 Å². The molecule has 0 saturated carbocycles. The van der Waals surface area contributed by atoms with Crippen molar-refractivity contribution in [3.8, 4) is 0 Å². The number of aliphatic hydroxyl groups is 1. The fourth-order valence-electron chi connectivity index (χ4n) is 2.05. The van der Waals surface area contributed by atoms with Gasteiger partial charge < -0.3 is 15.3 Å². The summed E-state index contributed by atoms with van der Waals surface area (Å²) in [7, 11) is 2.17. The van der Waals surface area contributed by atoms with Gasteiger partial charge in [-0.3, -0.25) is 0 Å². The van der Waals surface area contributed by atoms with Gasteiger partial charge in [-0.1, -0.05) is 13.8 Å². The van der Waals surface area contributed by atoms with Crippen molar-refractivity contribution in [3.63, 3.8) is 0 Å². The standard InChI is InChI=1S/C12H26N2O/c1-4-12(15,5-2)10-13-11-6-8-14(3)9-7-11/h11,13,15H,4-10H2,1-3H3. The molecule has 0 amide bonds. The summed E-state index contributed by atoms with van der Waals surface area (Å²) in [5.74, 6) is 0. The van der Waals surface area contributed by atoms with Gasteiger partial charge in [-0.25, -0.2) is 0 Å². The van der Waals surface area contributed by atoms with E-state index in [1.165, 1.54) is 25.9 Å². The van der Waals surface area contributed by atoms with Gasteiger partial charge in [0.15, 0.2) is 0 Å².